The minimum Gasteiger partial charge on any atom is -0.338 e. The molecule has 0 aliphatic heterocycles. The van der Waals surface area contributed by atoms with Crippen molar-refractivity contribution in [2.45, 2.75) is 56.5 Å². The lowest BCUT2D eigenvalue weighted by atomic mass is 10.2. The molecule has 2 heterocycles. The highest BCUT2D eigenvalue weighted by Gasteiger charge is 2.33. The molecule has 1 aliphatic carbocycles. The van der Waals surface area contributed by atoms with Gasteiger partial charge in [0.05, 0.1) is 0 Å². The molecule has 0 bridgehead atoms. The van der Waals surface area contributed by atoms with Gasteiger partial charge in [-0.1, -0.05) is 24.2 Å². The summed E-state index contributed by atoms with van der Waals surface area (Å²) < 4.78 is 34.9. The summed E-state index contributed by atoms with van der Waals surface area (Å²) in [6.45, 7) is 5.34. The van der Waals surface area contributed by atoms with E-state index < -0.39 is 15.1 Å². The fourth-order valence-corrected chi connectivity index (χ4v) is 3.05. The van der Waals surface area contributed by atoms with E-state index in [1.165, 1.54) is 6.92 Å². The summed E-state index contributed by atoms with van der Waals surface area (Å²) in [5.74, 6) is 1.35. The minimum atomic E-state index is -3.56. The van der Waals surface area contributed by atoms with Crippen molar-refractivity contribution in [3.8, 4) is 0 Å². The Morgan fingerprint density at radius 1 is 1.14 bits per heavy atom. The van der Waals surface area contributed by atoms with Gasteiger partial charge in [0.2, 0.25) is 11.8 Å². The molecule has 0 unspecified atom stereocenters. The van der Waals surface area contributed by atoms with E-state index >= 15 is 0 Å². The van der Waals surface area contributed by atoms with Crippen molar-refractivity contribution >= 4 is 9.84 Å². The molecule has 1 fully saturated rings. The molecule has 1 saturated carbocycles. The maximum atomic E-state index is 12.4. The van der Waals surface area contributed by atoms with Gasteiger partial charge in [-0.15, -0.1) is 0 Å². The van der Waals surface area contributed by atoms with Crippen LogP contribution in [0.2, 0.25) is 0 Å². The summed E-state index contributed by atoms with van der Waals surface area (Å²) >= 11 is 0. The smallest absolute Gasteiger partial charge is 0.244 e. The van der Waals surface area contributed by atoms with Crippen LogP contribution in [0.15, 0.2) is 9.05 Å². The van der Waals surface area contributed by atoms with Gasteiger partial charge < -0.3 is 9.05 Å². The van der Waals surface area contributed by atoms with Crippen LogP contribution in [0.1, 0.15) is 74.1 Å². The molecule has 22 heavy (non-hydrogen) atoms. The number of nitrogens with zero attached hydrogens (tertiary/aromatic N) is 4. The van der Waals surface area contributed by atoms with Gasteiger partial charge in [0, 0.05) is 11.8 Å². The molecule has 0 spiro atoms. The fraction of sp³-hybridized carbons (Fsp3) is 0.692. The van der Waals surface area contributed by atoms with Crippen molar-refractivity contribution in [2.75, 3.05) is 0 Å². The Hall–Kier alpha value is -1.77. The van der Waals surface area contributed by atoms with E-state index in [4.69, 9.17) is 9.05 Å². The second-order valence-electron chi connectivity index (χ2n) is 5.92. The first-order valence-electron chi connectivity index (χ1n) is 7.24. The summed E-state index contributed by atoms with van der Waals surface area (Å²) in [4.78, 5) is 8.28. The van der Waals surface area contributed by atoms with E-state index in [9.17, 15) is 8.42 Å². The molecular formula is C13H18N4O4S. The van der Waals surface area contributed by atoms with E-state index in [1.54, 1.807) is 0 Å². The molecule has 0 amide bonds. The lowest BCUT2D eigenvalue weighted by molar-refractivity contribution is 0.367. The number of rotatable bonds is 6. The highest BCUT2D eigenvalue weighted by Crippen LogP contribution is 2.38. The quantitative estimate of drug-likeness (QED) is 0.793. The van der Waals surface area contributed by atoms with E-state index in [0.717, 1.165) is 12.8 Å². The van der Waals surface area contributed by atoms with E-state index in [-0.39, 0.29) is 23.5 Å². The van der Waals surface area contributed by atoms with Crippen LogP contribution in [-0.2, 0) is 15.6 Å². The molecule has 0 saturated heterocycles. The predicted molar refractivity (Wildman–Crippen MR) is 75.7 cm³/mol. The number of hydrogen-bond acceptors (Lipinski definition) is 8. The third-order valence-corrected chi connectivity index (χ3v) is 5.54. The SMILES string of the molecule is CC(C)c1noc([C@H](C)S(=O)(=O)Cc2nc(C3CC3)no2)n1. The zero-order valence-corrected chi connectivity index (χ0v) is 13.5. The first-order valence-corrected chi connectivity index (χ1v) is 8.96. The zero-order chi connectivity index (χ0) is 15.9. The molecular weight excluding hydrogens is 308 g/mol. The highest BCUT2D eigenvalue weighted by molar-refractivity contribution is 7.90. The average molecular weight is 326 g/mol. The van der Waals surface area contributed by atoms with Gasteiger partial charge in [-0.3, -0.25) is 0 Å². The summed E-state index contributed by atoms with van der Waals surface area (Å²) in [6.07, 6.45) is 2.06. The second-order valence-corrected chi connectivity index (χ2v) is 8.24. The van der Waals surface area contributed by atoms with Gasteiger partial charge in [0.25, 0.3) is 0 Å². The average Bonchev–Trinajstić information content (AvgIpc) is 3.00. The Kier molecular flexibility index (Phi) is 3.75. The minimum absolute atomic E-state index is 0.0736. The third kappa shape index (κ3) is 3.03. The Labute approximate surface area is 128 Å². The molecule has 3 rings (SSSR count). The first kappa shape index (κ1) is 15.1. The van der Waals surface area contributed by atoms with Crippen molar-refractivity contribution in [3.05, 3.63) is 23.4 Å². The summed E-state index contributed by atoms with van der Waals surface area (Å²) in [6, 6.07) is 0. The molecule has 1 atom stereocenters. The standard InChI is InChI=1S/C13H18N4O4S/c1-7(2)11-15-13(21-16-11)8(3)22(18,19)6-10-14-12(17-20-10)9-4-5-9/h7-9H,4-6H2,1-3H3/t8-/m0/s1. The Bertz CT molecular complexity index is 761. The van der Waals surface area contributed by atoms with Crippen LogP contribution in [-0.4, -0.2) is 28.7 Å². The molecule has 8 nitrogen and oxygen atoms in total. The first-order chi connectivity index (χ1) is 10.4. The fourth-order valence-electron chi connectivity index (χ4n) is 1.93. The molecule has 9 heteroatoms. The van der Waals surface area contributed by atoms with Gasteiger partial charge in [-0.2, -0.15) is 9.97 Å². The number of sulfone groups is 1. The van der Waals surface area contributed by atoms with Gasteiger partial charge in [-0.25, -0.2) is 8.42 Å². The maximum absolute atomic E-state index is 12.4. The molecule has 120 valence electrons. The largest absolute Gasteiger partial charge is 0.338 e. The molecule has 0 aromatic carbocycles. The Morgan fingerprint density at radius 2 is 1.86 bits per heavy atom. The van der Waals surface area contributed by atoms with Crippen LogP contribution >= 0.6 is 0 Å². The molecule has 1 aliphatic rings. The maximum Gasteiger partial charge on any atom is 0.244 e. The van der Waals surface area contributed by atoms with Crippen LogP contribution < -0.4 is 0 Å². The molecule has 2 aromatic heterocycles. The Morgan fingerprint density at radius 3 is 2.45 bits per heavy atom. The van der Waals surface area contributed by atoms with E-state index in [0.29, 0.717) is 17.6 Å². The van der Waals surface area contributed by atoms with Crippen molar-refractivity contribution in [3.63, 3.8) is 0 Å². The van der Waals surface area contributed by atoms with Crippen molar-refractivity contribution in [1.82, 2.24) is 20.3 Å². The molecule has 0 N–H and O–H groups in total. The van der Waals surface area contributed by atoms with Crippen LogP contribution in [0.4, 0.5) is 0 Å². The molecule has 0 radical (unpaired) electrons. The third-order valence-electron chi connectivity index (χ3n) is 3.61. The molecule has 2 aromatic rings. The zero-order valence-electron chi connectivity index (χ0n) is 12.7. The second kappa shape index (κ2) is 5.45. The Balaban J connectivity index is 1.75. The van der Waals surface area contributed by atoms with Crippen molar-refractivity contribution in [1.29, 1.82) is 0 Å². The topological polar surface area (TPSA) is 112 Å². The van der Waals surface area contributed by atoms with Crippen LogP contribution in [0, 0.1) is 0 Å². The van der Waals surface area contributed by atoms with Crippen molar-refractivity contribution < 1.29 is 17.5 Å². The summed E-state index contributed by atoms with van der Waals surface area (Å²) in [7, 11) is -3.56. The monoisotopic (exact) mass is 326 g/mol. The summed E-state index contributed by atoms with van der Waals surface area (Å²) in [5, 5.41) is 6.70. The van der Waals surface area contributed by atoms with Gasteiger partial charge in [0.15, 0.2) is 21.5 Å². The van der Waals surface area contributed by atoms with E-state index in [2.05, 4.69) is 20.3 Å². The van der Waals surface area contributed by atoms with Crippen LogP contribution in [0.3, 0.4) is 0 Å². The van der Waals surface area contributed by atoms with Gasteiger partial charge >= 0.3 is 0 Å². The van der Waals surface area contributed by atoms with Crippen molar-refractivity contribution in [2.24, 2.45) is 0 Å². The van der Waals surface area contributed by atoms with Crippen LogP contribution in [0.5, 0.6) is 0 Å². The normalized spacial score (nSPS) is 17.1. The lowest BCUT2D eigenvalue weighted by Gasteiger charge is -2.06. The van der Waals surface area contributed by atoms with Gasteiger partial charge in [-0.05, 0) is 19.8 Å². The number of aromatic nitrogens is 4. The summed E-state index contributed by atoms with van der Waals surface area (Å²) in [5.41, 5.74) is 0. The van der Waals surface area contributed by atoms with Crippen LogP contribution in [0.25, 0.3) is 0 Å². The van der Waals surface area contributed by atoms with E-state index in [1.807, 2.05) is 13.8 Å². The van der Waals surface area contributed by atoms with Gasteiger partial charge in [0.1, 0.15) is 11.0 Å². The predicted octanol–water partition coefficient (Wildman–Crippen LogP) is 2.13. The highest BCUT2D eigenvalue weighted by atomic mass is 32.2. The lowest BCUT2D eigenvalue weighted by Crippen LogP contribution is -2.13. The number of hydrogen-bond donors (Lipinski definition) is 0.